The largest absolute Gasteiger partial charge is 0.320 e. The number of fused-ring (bicyclic) bond motifs is 1. The van der Waals surface area contributed by atoms with Crippen molar-refractivity contribution >= 4 is 11.0 Å². The molecule has 5 heteroatoms. The zero-order valence-electron chi connectivity index (χ0n) is 12.4. The van der Waals surface area contributed by atoms with Crippen LogP contribution in [0.1, 0.15) is 28.3 Å². The Morgan fingerprint density at radius 3 is 2.36 bits per heavy atom. The van der Waals surface area contributed by atoms with Gasteiger partial charge in [-0.15, -0.1) is 0 Å². The molecule has 1 unspecified atom stereocenters. The minimum atomic E-state index is -0.662. The number of nitrogens with one attached hydrogen (secondary N) is 2. The summed E-state index contributed by atoms with van der Waals surface area (Å²) in [4.78, 5) is 27.9. The molecule has 0 saturated carbocycles. The second-order valence-corrected chi connectivity index (χ2v) is 5.48. The van der Waals surface area contributed by atoms with Gasteiger partial charge in [-0.25, -0.2) is 0 Å². The molecule has 1 aromatic heterocycles. The van der Waals surface area contributed by atoms with Crippen LogP contribution in [0.4, 0.5) is 0 Å². The van der Waals surface area contributed by atoms with Crippen LogP contribution in [0, 0.1) is 13.8 Å². The van der Waals surface area contributed by atoms with Gasteiger partial charge in [-0.05, 0) is 48.2 Å². The van der Waals surface area contributed by atoms with E-state index in [1.165, 1.54) is 5.56 Å². The highest BCUT2D eigenvalue weighted by atomic mass is 16.2. The fourth-order valence-electron chi connectivity index (χ4n) is 2.62. The van der Waals surface area contributed by atoms with Crippen molar-refractivity contribution in [2.24, 2.45) is 5.73 Å². The Morgan fingerprint density at radius 2 is 1.64 bits per heavy atom. The van der Waals surface area contributed by atoms with Crippen molar-refractivity contribution in [3.8, 4) is 0 Å². The Kier molecular flexibility index (Phi) is 3.42. The number of aromatic nitrogens is 2. The van der Waals surface area contributed by atoms with Crippen LogP contribution in [0.3, 0.4) is 0 Å². The summed E-state index contributed by atoms with van der Waals surface area (Å²) >= 11 is 0. The van der Waals surface area contributed by atoms with Crippen LogP contribution in [0.2, 0.25) is 0 Å². The Bertz CT molecular complexity index is 970. The topological polar surface area (TPSA) is 91.7 Å². The van der Waals surface area contributed by atoms with Crippen LogP contribution < -0.4 is 16.9 Å². The van der Waals surface area contributed by atoms with E-state index in [0.717, 1.165) is 16.7 Å². The van der Waals surface area contributed by atoms with E-state index < -0.39 is 11.1 Å². The number of nitrogens with two attached hydrogens (primary N) is 1. The van der Waals surface area contributed by atoms with Gasteiger partial charge in [0.25, 0.3) is 0 Å². The molecule has 0 aliphatic carbocycles. The first-order valence-corrected chi connectivity index (χ1v) is 7.05. The first-order chi connectivity index (χ1) is 10.5. The van der Waals surface area contributed by atoms with Gasteiger partial charge in [-0.2, -0.15) is 0 Å². The smallest absolute Gasteiger partial charge is 0.314 e. The molecule has 1 heterocycles. The van der Waals surface area contributed by atoms with Gasteiger partial charge in [0.1, 0.15) is 0 Å². The molecular formula is C17H17N3O2. The SMILES string of the molecule is Cc1cccc(C(N)c2ccc3[nH]c(=O)c(=O)[nH]c3c2)c1C. The average molecular weight is 295 g/mol. The first-order valence-electron chi connectivity index (χ1n) is 7.05. The molecule has 4 N–H and O–H groups in total. The standard InChI is InChI=1S/C17H17N3O2/c1-9-4-3-5-12(10(9)2)15(18)11-6-7-13-14(8-11)20-17(22)16(21)19-13/h3-8,15H,18H2,1-2H3,(H,19,21)(H,20,22). The van der Waals surface area contributed by atoms with Gasteiger partial charge in [-0.1, -0.05) is 24.3 Å². The van der Waals surface area contributed by atoms with E-state index in [4.69, 9.17) is 5.73 Å². The predicted octanol–water partition coefficient (Wildman–Crippen LogP) is 1.88. The molecule has 0 spiro atoms. The molecule has 0 aliphatic rings. The zero-order chi connectivity index (χ0) is 15.9. The van der Waals surface area contributed by atoms with Crippen LogP contribution in [0.15, 0.2) is 46.0 Å². The number of benzene rings is 2. The van der Waals surface area contributed by atoms with Crippen molar-refractivity contribution in [3.63, 3.8) is 0 Å². The summed E-state index contributed by atoms with van der Waals surface area (Å²) in [5.74, 6) is 0. The van der Waals surface area contributed by atoms with Gasteiger partial charge in [0.05, 0.1) is 17.1 Å². The monoisotopic (exact) mass is 295 g/mol. The lowest BCUT2D eigenvalue weighted by atomic mass is 9.93. The van der Waals surface area contributed by atoms with Crippen molar-refractivity contribution in [2.75, 3.05) is 0 Å². The molecule has 0 aliphatic heterocycles. The molecule has 0 bridgehead atoms. The molecule has 0 amide bonds. The number of aryl methyl sites for hydroxylation is 1. The molecular weight excluding hydrogens is 278 g/mol. The highest BCUT2D eigenvalue weighted by molar-refractivity contribution is 5.74. The van der Waals surface area contributed by atoms with Crippen molar-refractivity contribution in [1.29, 1.82) is 0 Å². The summed E-state index contributed by atoms with van der Waals surface area (Å²) in [6.07, 6.45) is 0. The van der Waals surface area contributed by atoms with Gasteiger partial charge in [0.15, 0.2) is 0 Å². The summed E-state index contributed by atoms with van der Waals surface area (Å²) in [7, 11) is 0. The van der Waals surface area contributed by atoms with Gasteiger partial charge >= 0.3 is 11.1 Å². The molecule has 3 rings (SSSR count). The van der Waals surface area contributed by atoms with Gasteiger partial charge in [0.2, 0.25) is 0 Å². The third-order valence-electron chi connectivity index (χ3n) is 4.09. The van der Waals surface area contributed by atoms with Gasteiger partial charge < -0.3 is 15.7 Å². The second kappa shape index (κ2) is 5.27. The van der Waals surface area contributed by atoms with Crippen LogP contribution in [0.25, 0.3) is 11.0 Å². The van der Waals surface area contributed by atoms with Crippen molar-refractivity contribution in [3.05, 3.63) is 79.4 Å². The second-order valence-electron chi connectivity index (χ2n) is 5.48. The maximum Gasteiger partial charge on any atom is 0.314 e. The average Bonchev–Trinajstić information content (AvgIpc) is 2.50. The maximum atomic E-state index is 11.5. The highest BCUT2D eigenvalue weighted by Gasteiger charge is 2.13. The summed E-state index contributed by atoms with van der Waals surface area (Å²) < 4.78 is 0. The van der Waals surface area contributed by atoms with Crippen molar-refractivity contribution in [1.82, 2.24) is 9.97 Å². The minimum absolute atomic E-state index is 0.292. The fourth-order valence-corrected chi connectivity index (χ4v) is 2.62. The van der Waals surface area contributed by atoms with Crippen molar-refractivity contribution < 1.29 is 0 Å². The molecule has 2 aromatic carbocycles. The lowest BCUT2D eigenvalue weighted by molar-refractivity contribution is 0.859. The van der Waals surface area contributed by atoms with E-state index in [-0.39, 0.29) is 6.04 Å². The van der Waals surface area contributed by atoms with Crippen LogP contribution in [-0.2, 0) is 0 Å². The van der Waals surface area contributed by atoms with E-state index in [1.807, 2.05) is 38.1 Å². The highest BCUT2D eigenvalue weighted by Crippen LogP contribution is 2.25. The van der Waals surface area contributed by atoms with Crippen LogP contribution in [-0.4, -0.2) is 9.97 Å². The number of H-pyrrole nitrogens is 2. The number of aromatic amines is 2. The van der Waals surface area contributed by atoms with Crippen LogP contribution >= 0.6 is 0 Å². The summed E-state index contributed by atoms with van der Waals surface area (Å²) in [6.45, 7) is 4.10. The molecule has 112 valence electrons. The summed E-state index contributed by atoms with van der Waals surface area (Å²) in [5.41, 5.74) is 10.5. The summed E-state index contributed by atoms with van der Waals surface area (Å²) in [5, 5.41) is 0. The summed E-state index contributed by atoms with van der Waals surface area (Å²) in [6, 6.07) is 11.2. The lowest BCUT2D eigenvalue weighted by Gasteiger charge is -2.17. The third-order valence-corrected chi connectivity index (χ3v) is 4.09. The van der Waals surface area contributed by atoms with Gasteiger partial charge in [0, 0.05) is 0 Å². The molecule has 5 nitrogen and oxygen atoms in total. The molecule has 3 aromatic rings. The molecule has 0 fully saturated rings. The van der Waals surface area contributed by atoms with E-state index in [9.17, 15) is 9.59 Å². The minimum Gasteiger partial charge on any atom is -0.320 e. The van der Waals surface area contributed by atoms with Crippen molar-refractivity contribution in [2.45, 2.75) is 19.9 Å². The first kappa shape index (κ1) is 14.3. The normalized spacial score (nSPS) is 12.5. The van der Waals surface area contributed by atoms with E-state index >= 15 is 0 Å². The Morgan fingerprint density at radius 1 is 0.955 bits per heavy atom. The lowest BCUT2D eigenvalue weighted by Crippen LogP contribution is -2.29. The molecule has 0 radical (unpaired) electrons. The van der Waals surface area contributed by atoms with E-state index in [0.29, 0.717) is 11.0 Å². The van der Waals surface area contributed by atoms with Crippen LogP contribution in [0.5, 0.6) is 0 Å². The molecule has 22 heavy (non-hydrogen) atoms. The fraction of sp³-hybridized carbons (Fsp3) is 0.176. The third kappa shape index (κ3) is 2.35. The van der Waals surface area contributed by atoms with E-state index in [2.05, 4.69) is 9.97 Å². The number of rotatable bonds is 2. The Balaban J connectivity index is 2.13. The number of hydrogen-bond donors (Lipinski definition) is 3. The van der Waals surface area contributed by atoms with E-state index in [1.54, 1.807) is 12.1 Å². The maximum absolute atomic E-state index is 11.5. The number of hydrogen-bond acceptors (Lipinski definition) is 3. The molecule has 0 saturated heterocycles. The quantitative estimate of drug-likeness (QED) is 0.630. The van der Waals surface area contributed by atoms with Gasteiger partial charge in [-0.3, -0.25) is 9.59 Å². The predicted molar refractivity (Wildman–Crippen MR) is 87.1 cm³/mol. The Labute approximate surface area is 126 Å². The Hall–Kier alpha value is -2.66. The zero-order valence-corrected chi connectivity index (χ0v) is 12.4. The molecule has 1 atom stereocenters.